The second kappa shape index (κ2) is 9.32. The van der Waals surface area contributed by atoms with Gasteiger partial charge in [-0.2, -0.15) is 4.72 Å². The number of nitrogens with one attached hydrogen (secondary N) is 2. The Morgan fingerprint density at radius 2 is 2.06 bits per heavy atom. The molecular formula is C22H23BrClFN4O5S. The summed E-state index contributed by atoms with van der Waals surface area (Å²) in [5.74, 6) is -2.48. The molecule has 1 aliphatic heterocycles. The van der Waals surface area contributed by atoms with Crippen LogP contribution in [0.1, 0.15) is 54.8 Å². The van der Waals surface area contributed by atoms with Crippen molar-refractivity contribution in [2.45, 2.75) is 49.6 Å². The van der Waals surface area contributed by atoms with Crippen molar-refractivity contribution in [1.82, 2.24) is 14.9 Å². The molecule has 2 aromatic carbocycles. The Kier molecular flexibility index (Phi) is 6.88. The van der Waals surface area contributed by atoms with Gasteiger partial charge in [0.2, 0.25) is 15.9 Å². The first-order valence-corrected chi connectivity index (χ1v) is 13.3. The molecule has 0 bridgehead atoms. The first-order valence-electron chi connectivity index (χ1n) is 10.6. The number of nitrogens with zero attached hydrogens (tertiary/aromatic N) is 1. The molecule has 1 aromatic heterocycles. The molecule has 0 saturated carbocycles. The number of ether oxygens (including phenoxy) is 1. The van der Waals surface area contributed by atoms with Crippen LogP contribution >= 0.6 is 27.5 Å². The number of H-pyrrole nitrogens is 1. The highest BCUT2D eigenvalue weighted by Crippen LogP contribution is 2.44. The largest absolute Gasteiger partial charge is 0.492 e. The maximum absolute atomic E-state index is 14.9. The molecule has 13 heteroatoms. The first kappa shape index (κ1) is 25.8. The molecule has 3 aromatic rings. The second-order valence-electron chi connectivity index (χ2n) is 8.67. The summed E-state index contributed by atoms with van der Waals surface area (Å²) in [4.78, 5) is 11.5. The van der Waals surface area contributed by atoms with E-state index in [0.717, 1.165) is 0 Å². The molecular weight excluding hydrogens is 567 g/mol. The van der Waals surface area contributed by atoms with Crippen LogP contribution in [0.2, 0.25) is 5.02 Å². The van der Waals surface area contributed by atoms with Crippen LogP contribution in [0.5, 0.6) is 5.75 Å². The number of hydrogen-bond donors (Lipinski definition) is 3. The highest BCUT2D eigenvalue weighted by molar-refractivity contribution is 9.10. The van der Waals surface area contributed by atoms with E-state index in [1.807, 2.05) is 0 Å². The number of aromatic nitrogens is 2. The van der Waals surface area contributed by atoms with Gasteiger partial charge in [0.25, 0.3) is 0 Å². The molecule has 0 radical (unpaired) electrons. The number of rotatable bonds is 6. The van der Waals surface area contributed by atoms with Gasteiger partial charge < -0.3 is 14.9 Å². The molecule has 35 heavy (non-hydrogen) atoms. The molecule has 4 N–H and O–H groups in total. The van der Waals surface area contributed by atoms with E-state index in [-0.39, 0.29) is 33.7 Å². The zero-order chi connectivity index (χ0) is 25.7. The third kappa shape index (κ3) is 4.77. The predicted molar refractivity (Wildman–Crippen MR) is 131 cm³/mol. The number of sulfonamides is 1. The molecule has 0 fully saturated rings. The smallest absolute Gasteiger partial charge is 0.434 e. The van der Waals surface area contributed by atoms with Crippen LogP contribution < -0.4 is 20.9 Å². The minimum atomic E-state index is -4.33. The quantitative estimate of drug-likeness (QED) is 0.395. The van der Waals surface area contributed by atoms with E-state index in [1.54, 1.807) is 26.8 Å². The normalized spacial score (nSPS) is 19.6. The highest BCUT2D eigenvalue weighted by Gasteiger charge is 2.39. The number of nitrogens with two attached hydrogens (primary N) is 1. The van der Waals surface area contributed by atoms with Gasteiger partial charge in [-0.1, -0.05) is 34.5 Å². The van der Waals surface area contributed by atoms with Gasteiger partial charge in [-0.15, -0.1) is 5.10 Å². The van der Waals surface area contributed by atoms with E-state index in [9.17, 15) is 17.6 Å². The summed E-state index contributed by atoms with van der Waals surface area (Å²) in [6.07, 6.45) is 0.441. The van der Waals surface area contributed by atoms with E-state index in [4.69, 9.17) is 26.5 Å². The minimum absolute atomic E-state index is 0.0425. The molecule has 4 rings (SSSR count). The molecule has 0 aliphatic carbocycles. The van der Waals surface area contributed by atoms with Crippen LogP contribution in [0.25, 0.3) is 0 Å². The van der Waals surface area contributed by atoms with Gasteiger partial charge in [-0.3, -0.25) is 0 Å². The number of hydrogen-bond acceptors (Lipinski definition) is 7. The van der Waals surface area contributed by atoms with Gasteiger partial charge >= 0.3 is 5.76 Å². The van der Waals surface area contributed by atoms with Crippen molar-refractivity contribution in [3.8, 4) is 5.75 Å². The summed E-state index contributed by atoms with van der Waals surface area (Å²) in [5, 5.41) is 6.21. The van der Waals surface area contributed by atoms with Crippen molar-refractivity contribution in [3.05, 3.63) is 72.7 Å². The van der Waals surface area contributed by atoms with Gasteiger partial charge in [-0.25, -0.2) is 22.7 Å². The van der Waals surface area contributed by atoms with Gasteiger partial charge in [-0.05, 0) is 49.2 Å². The summed E-state index contributed by atoms with van der Waals surface area (Å²) in [5.41, 5.74) is 6.63. The van der Waals surface area contributed by atoms with Gasteiger partial charge in [0.05, 0.1) is 6.61 Å². The number of aromatic amines is 1. The van der Waals surface area contributed by atoms with E-state index in [0.29, 0.717) is 22.0 Å². The Morgan fingerprint density at radius 3 is 2.71 bits per heavy atom. The fourth-order valence-corrected chi connectivity index (χ4v) is 6.41. The van der Waals surface area contributed by atoms with Gasteiger partial charge in [0.1, 0.15) is 22.5 Å². The Morgan fingerprint density at radius 1 is 1.34 bits per heavy atom. The average Bonchev–Trinajstić information content (AvgIpc) is 3.20. The molecule has 1 unspecified atom stereocenters. The average molecular weight is 590 g/mol. The van der Waals surface area contributed by atoms with Crippen LogP contribution in [-0.2, 0) is 15.6 Å². The minimum Gasteiger partial charge on any atom is -0.492 e. The monoisotopic (exact) mass is 588 g/mol. The summed E-state index contributed by atoms with van der Waals surface area (Å²) in [7, 11) is -4.33. The molecule has 2 heterocycles. The fourth-order valence-electron chi connectivity index (χ4n) is 4.28. The van der Waals surface area contributed by atoms with E-state index in [1.165, 1.54) is 18.2 Å². The lowest BCUT2D eigenvalue weighted by Gasteiger charge is -2.34. The Balaban J connectivity index is 1.84. The number of benzene rings is 2. The zero-order valence-electron chi connectivity index (χ0n) is 19.0. The maximum Gasteiger partial charge on any atom is 0.434 e. The Bertz CT molecular complexity index is 1460. The summed E-state index contributed by atoms with van der Waals surface area (Å²) < 4.78 is 56.2. The SMILES string of the molecule is Cc1c(Br)ccc(F)c1[C@@H](C)[C@H](NS(=O)(=O)c1ccc(Cl)c2c1OCCC2(C)N)c1n[nH]c(=O)o1. The van der Waals surface area contributed by atoms with Crippen molar-refractivity contribution in [3.63, 3.8) is 0 Å². The fraction of sp³-hybridized carbons (Fsp3) is 0.364. The summed E-state index contributed by atoms with van der Waals surface area (Å²) >= 11 is 9.72. The first-order chi connectivity index (χ1) is 16.3. The Labute approximate surface area is 214 Å². The topological polar surface area (TPSA) is 140 Å². The molecule has 3 atom stereocenters. The highest BCUT2D eigenvalue weighted by atomic mass is 79.9. The van der Waals surface area contributed by atoms with E-state index in [2.05, 4.69) is 30.8 Å². The van der Waals surface area contributed by atoms with Crippen molar-refractivity contribution in [2.24, 2.45) is 5.73 Å². The van der Waals surface area contributed by atoms with Crippen LogP contribution in [0.15, 0.2) is 42.8 Å². The van der Waals surface area contributed by atoms with Crippen molar-refractivity contribution in [1.29, 1.82) is 0 Å². The lowest BCUT2D eigenvalue weighted by molar-refractivity contribution is 0.221. The van der Waals surface area contributed by atoms with Crippen molar-refractivity contribution >= 4 is 37.6 Å². The van der Waals surface area contributed by atoms with Crippen LogP contribution in [0.3, 0.4) is 0 Å². The molecule has 188 valence electrons. The third-order valence-electron chi connectivity index (χ3n) is 6.15. The molecule has 0 amide bonds. The van der Waals surface area contributed by atoms with Gasteiger partial charge in [0, 0.05) is 32.9 Å². The molecule has 9 nitrogen and oxygen atoms in total. The van der Waals surface area contributed by atoms with Crippen molar-refractivity contribution in [2.75, 3.05) is 6.61 Å². The van der Waals surface area contributed by atoms with Crippen LogP contribution in [-0.4, -0.2) is 25.2 Å². The Hall–Kier alpha value is -2.25. The van der Waals surface area contributed by atoms with E-state index < -0.39 is 39.1 Å². The van der Waals surface area contributed by atoms with Crippen molar-refractivity contribution < 1.29 is 22.0 Å². The second-order valence-corrected chi connectivity index (χ2v) is 11.6. The molecule has 0 saturated heterocycles. The van der Waals surface area contributed by atoms with E-state index >= 15 is 0 Å². The predicted octanol–water partition coefficient (Wildman–Crippen LogP) is 4.01. The zero-order valence-corrected chi connectivity index (χ0v) is 22.1. The van der Waals surface area contributed by atoms with Gasteiger partial charge in [0.15, 0.2) is 0 Å². The number of fused-ring (bicyclic) bond motifs is 1. The maximum atomic E-state index is 14.9. The molecule has 1 aliphatic rings. The lowest BCUT2D eigenvalue weighted by Crippen LogP contribution is -2.40. The standard InChI is InChI=1S/C22H23BrClFN4O5S/c1-10-12(23)4-6-14(25)16(10)11(2)18(20-27-28-21(30)34-20)29-35(31,32)15-7-5-13(24)17-19(15)33-9-8-22(17,3)26/h4-7,11,18,29H,8-9,26H2,1-3H3,(H,28,30)/t11-,18+,22?/m1/s1. The summed E-state index contributed by atoms with van der Waals surface area (Å²) in [6.45, 7) is 5.23. The third-order valence-corrected chi connectivity index (χ3v) is 8.79. The molecule has 0 spiro atoms. The lowest BCUT2D eigenvalue weighted by atomic mass is 9.87. The summed E-state index contributed by atoms with van der Waals surface area (Å²) in [6, 6.07) is 4.30. The van der Waals surface area contributed by atoms with Crippen LogP contribution in [0, 0.1) is 12.7 Å². The van der Waals surface area contributed by atoms with Crippen LogP contribution in [0.4, 0.5) is 4.39 Å². The number of halogens is 3.